The SMILES string of the molecule is CCC1CCC(Oc2ccc(C)cc2NC)CC1. The normalized spacial score (nSPS) is 23.7. The number of rotatable bonds is 4. The third kappa shape index (κ3) is 3.18. The molecule has 1 aliphatic carbocycles. The van der Waals surface area contributed by atoms with E-state index < -0.39 is 0 Å². The predicted molar refractivity (Wildman–Crippen MR) is 77.4 cm³/mol. The largest absolute Gasteiger partial charge is 0.488 e. The minimum Gasteiger partial charge on any atom is -0.488 e. The van der Waals surface area contributed by atoms with Gasteiger partial charge in [-0.25, -0.2) is 0 Å². The van der Waals surface area contributed by atoms with Crippen molar-refractivity contribution in [3.8, 4) is 5.75 Å². The molecule has 0 aliphatic heterocycles. The quantitative estimate of drug-likeness (QED) is 0.852. The molecule has 0 atom stereocenters. The fraction of sp³-hybridized carbons (Fsp3) is 0.625. The van der Waals surface area contributed by atoms with Gasteiger partial charge in [0.2, 0.25) is 0 Å². The molecule has 0 unspecified atom stereocenters. The molecule has 0 radical (unpaired) electrons. The van der Waals surface area contributed by atoms with Crippen molar-refractivity contribution in [2.24, 2.45) is 5.92 Å². The lowest BCUT2D eigenvalue weighted by atomic mass is 9.86. The maximum absolute atomic E-state index is 6.16. The first-order valence-corrected chi connectivity index (χ1v) is 7.18. The Kier molecular flexibility index (Phi) is 4.51. The highest BCUT2D eigenvalue weighted by Gasteiger charge is 2.21. The molecule has 1 fully saturated rings. The molecule has 1 aliphatic rings. The van der Waals surface area contributed by atoms with E-state index in [2.05, 4.69) is 37.4 Å². The van der Waals surface area contributed by atoms with Gasteiger partial charge in [-0.05, 0) is 56.2 Å². The van der Waals surface area contributed by atoms with Crippen molar-refractivity contribution >= 4 is 5.69 Å². The van der Waals surface area contributed by atoms with Crippen LogP contribution in [0.5, 0.6) is 5.75 Å². The van der Waals surface area contributed by atoms with Gasteiger partial charge < -0.3 is 10.1 Å². The van der Waals surface area contributed by atoms with E-state index >= 15 is 0 Å². The third-order valence-corrected chi connectivity index (χ3v) is 4.07. The molecule has 1 aromatic carbocycles. The minimum absolute atomic E-state index is 0.405. The van der Waals surface area contributed by atoms with Crippen molar-refractivity contribution in [1.29, 1.82) is 0 Å². The third-order valence-electron chi connectivity index (χ3n) is 4.07. The smallest absolute Gasteiger partial charge is 0.142 e. The summed E-state index contributed by atoms with van der Waals surface area (Å²) >= 11 is 0. The fourth-order valence-electron chi connectivity index (χ4n) is 2.78. The van der Waals surface area contributed by atoms with Crippen molar-refractivity contribution in [3.63, 3.8) is 0 Å². The van der Waals surface area contributed by atoms with Crippen molar-refractivity contribution in [2.75, 3.05) is 12.4 Å². The molecule has 2 rings (SSSR count). The maximum atomic E-state index is 6.16. The molecule has 0 amide bonds. The van der Waals surface area contributed by atoms with Crippen LogP contribution < -0.4 is 10.1 Å². The average molecular weight is 247 g/mol. The van der Waals surface area contributed by atoms with E-state index in [9.17, 15) is 0 Å². The Balaban J connectivity index is 1.97. The zero-order valence-electron chi connectivity index (χ0n) is 11.8. The van der Waals surface area contributed by atoms with Crippen molar-refractivity contribution in [1.82, 2.24) is 0 Å². The summed E-state index contributed by atoms with van der Waals surface area (Å²) in [5.74, 6) is 1.93. The summed E-state index contributed by atoms with van der Waals surface area (Å²) in [6.45, 7) is 4.40. The Morgan fingerprint density at radius 3 is 2.56 bits per heavy atom. The number of anilines is 1. The van der Waals surface area contributed by atoms with E-state index in [-0.39, 0.29) is 0 Å². The van der Waals surface area contributed by atoms with Crippen LogP contribution in [0.1, 0.15) is 44.6 Å². The van der Waals surface area contributed by atoms with Crippen LogP contribution in [0, 0.1) is 12.8 Å². The number of hydrogen-bond donors (Lipinski definition) is 1. The van der Waals surface area contributed by atoms with Crippen molar-refractivity contribution in [2.45, 2.75) is 52.1 Å². The molecular formula is C16H25NO. The molecule has 100 valence electrons. The summed E-state index contributed by atoms with van der Waals surface area (Å²) in [4.78, 5) is 0. The molecule has 18 heavy (non-hydrogen) atoms. The van der Waals surface area contributed by atoms with Gasteiger partial charge in [-0.1, -0.05) is 19.4 Å². The Morgan fingerprint density at radius 2 is 1.94 bits per heavy atom. The second-order valence-corrected chi connectivity index (χ2v) is 5.42. The molecule has 0 aromatic heterocycles. The van der Waals surface area contributed by atoms with Crippen molar-refractivity contribution < 1.29 is 4.74 Å². The molecular weight excluding hydrogens is 222 g/mol. The van der Waals surface area contributed by atoms with Gasteiger partial charge in [-0.3, -0.25) is 0 Å². The van der Waals surface area contributed by atoms with E-state index in [0.717, 1.165) is 17.4 Å². The molecule has 1 aromatic rings. The van der Waals surface area contributed by atoms with Gasteiger partial charge in [0.25, 0.3) is 0 Å². The molecule has 1 N–H and O–H groups in total. The zero-order valence-corrected chi connectivity index (χ0v) is 11.8. The van der Waals surface area contributed by atoms with Crippen LogP contribution in [0.4, 0.5) is 5.69 Å². The summed E-state index contributed by atoms with van der Waals surface area (Å²) in [6.07, 6.45) is 6.77. The maximum Gasteiger partial charge on any atom is 0.142 e. The van der Waals surface area contributed by atoms with Gasteiger partial charge in [0.05, 0.1) is 11.8 Å². The Bertz CT molecular complexity index is 381. The second kappa shape index (κ2) is 6.12. The van der Waals surface area contributed by atoms with Gasteiger partial charge in [0.15, 0.2) is 0 Å². The molecule has 2 nitrogen and oxygen atoms in total. The molecule has 0 saturated heterocycles. The fourth-order valence-corrected chi connectivity index (χ4v) is 2.78. The number of nitrogens with one attached hydrogen (secondary N) is 1. The zero-order chi connectivity index (χ0) is 13.0. The molecule has 0 heterocycles. The van der Waals surface area contributed by atoms with Crippen LogP contribution >= 0.6 is 0 Å². The predicted octanol–water partition coefficient (Wildman–Crippen LogP) is 4.38. The number of benzene rings is 1. The van der Waals surface area contributed by atoms with Crippen LogP contribution in [0.25, 0.3) is 0 Å². The molecule has 0 bridgehead atoms. The van der Waals surface area contributed by atoms with Gasteiger partial charge in [0, 0.05) is 7.05 Å². The van der Waals surface area contributed by atoms with Gasteiger partial charge >= 0.3 is 0 Å². The monoisotopic (exact) mass is 247 g/mol. The second-order valence-electron chi connectivity index (χ2n) is 5.42. The molecule has 1 saturated carbocycles. The van der Waals surface area contributed by atoms with Crippen LogP contribution in [-0.2, 0) is 0 Å². The number of hydrogen-bond acceptors (Lipinski definition) is 2. The van der Waals surface area contributed by atoms with Crippen molar-refractivity contribution in [3.05, 3.63) is 23.8 Å². The van der Waals surface area contributed by atoms with Crippen LogP contribution in [-0.4, -0.2) is 13.2 Å². The summed E-state index contributed by atoms with van der Waals surface area (Å²) < 4.78 is 6.16. The summed E-state index contributed by atoms with van der Waals surface area (Å²) in [5, 5.41) is 3.22. The van der Waals surface area contributed by atoms with Gasteiger partial charge in [-0.2, -0.15) is 0 Å². The average Bonchev–Trinajstić information content (AvgIpc) is 2.41. The summed E-state index contributed by atoms with van der Waals surface area (Å²) in [7, 11) is 1.95. The molecule has 0 spiro atoms. The standard InChI is InChI=1S/C16H25NO/c1-4-13-6-8-14(9-7-13)18-16-10-5-12(2)11-15(16)17-3/h5,10-11,13-14,17H,4,6-9H2,1-3H3. The van der Waals surface area contributed by atoms with Gasteiger partial charge in [0.1, 0.15) is 5.75 Å². The first-order valence-electron chi connectivity index (χ1n) is 7.18. The minimum atomic E-state index is 0.405. The van der Waals surface area contributed by atoms with E-state index in [1.54, 1.807) is 0 Å². The molecule has 2 heteroatoms. The lowest BCUT2D eigenvalue weighted by Crippen LogP contribution is -2.24. The highest BCUT2D eigenvalue weighted by molar-refractivity contribution is 5.57. The highest BCUT2D eigenvalue weighted by Crippen LogP contribution is 2.32. The number of aryl methyl sites for hydroxylation is 1. The van der Waals surface area contributed by atoms with Crippen LogP contribution in [0.15, 0.2) is 18.2 Å². The number of ether oxygens (including phenoxy) is 1. The van der Waals surface area contributed by atoms with Crippen LogP contribution in [0.2, 0.25) is 0 Å². The lowest BCUT2D eigenvalue weighted by molar-refractivity contribution is 0.130. The Labute approximate surface area is 111 Å². The topological polar surface area (TPSA) is 21.3 Å². The van der Waals surface area contributed by atoms with E-state index in [0.29, 0.717) is 6.10 Å². The van der Waals surface area contributed by atoms with Gasteiger partial charge in [-0.15, -0.1) is 0 Å². The Morgan fingerprint density at radius 1 is 1.22 bits per heavy atom. The van der Waals surface area contributed by atoms with E-state index in [1.165, 1.54) is 37.7 Å². The lowest BCUT2D eigenvalue weighted by Gasteiger charge is -2.29. The highest BCUT2D eigenvalue weighted by atomic mass is 16.5. The Hall–Kier alpha value is -1.18. The van der Waals surface area contributed by atoms with E-state index in [4.69, 9.17) is 4.74 Å². The summed E-state index contributed by atoms with van der Waals surface area (Å²) in [6, 6.07) is 6.36. The van der Waals surface area contributed by atoms with E-state index in [1.807, 2.05) is 7.05 Å². The first-order chi connectivity index (χ1) is 8.72. The summed E-state index contributed by atoms with van der Waals surface area (Å²) in [5.41, 5.74) is 2.37. The van der Waals surface area contributed by atoms with Crippen LogP contribution in [0.3, 0.4) is 0 Å². The first kappa shape index (κ1) is 13.3.